The molecule has 0 spiro atoms. The van der Waals surface area contributed by atoms with Crippen LogP contribution < -0.4 is 0 Å². The summed E-state index contributed by atoms with van der Waals surface area (Å²) >= 11 is 7.39. The first-order chi connectivity index (χ1) is 2.94. The number of hydrogen-bond donors (Lipinski definition) is 2. The molecule has 2 nitrogen and oxygen atoms in total. The van der Waals surface area contributed by atoms with Gasteiger partial charge in [-0.3, -0.25) is 4.57 Å². The minimum atomic E-state index is -2.52. The first kappa shape index (κ1) is 7.89. The minimum Gasteiger partial charge on any atom is -0.283 e. The van der Waals surface area contributed by atoms with Crippen LogP contribution in [0.5, 0.6) is 0 Å². The van der Waals surface area contributed by atoms with E-state index in [0.29, 0.717) is 0 Å². The van der Waals surface area contributed by atoms with Gasteiger partial charge in [0.2, 0.25) is 0 Å². The summed E-state index contributed by atoms with van der Waals surface area (Å²) in [6.07, 6.45) is 0. The van der Waals surface area contributed by atoms with E-state index in [1.807, 2.05) is 0 Å². The fraction of sp³-hybridized carbons (Fsp3) is 1.00. The number of rotatable bonds is 1. The third-order valence-electron chi connectivity index (χ3n) is 0.521. The Balaban J connectivity index is 3.80. The van der Waals surface area contributed by atoms with Gasteiger partial charge in [-0.1, -0.05) is 24.5 Å². The highest BCUT2D eigenvalue weighted by atomic mass is 33.1. The van der Waals surface area contributed by atoms with Gasteiger partial charge in [0, 0.05) is 0 Å². The van der Waals surface area contributed by atoms with Crippen molar-refractivity contribution in [1.29, 1.82) is 0 Å². The van der Waals surface area contributed by atoms with E-state index in [9.17, 15) is 4.57 Å². The van der Waals surface area contributed by atoms with Crippen molar-refractivity contribution in [3.8, 4) is 0 Å². The molecular formula is C2H8NOPS2. The fourth-order valence-corrected chi connectivity index (χ4v) is 0. The van der Waals surface area contributed by atoms with Gasteiger partial charge in [-0.25, -0.2) is 4.67 Å². The summed E-state index contributed by atoms with van der Waals surface area (Å²) in [4.78, 5) is 0. The zero-order chi connectivity index (χ0) is 6.08. The van der Waals surface area contributed by atoms with Crippen molar-refractivity contribution in [2.45, 2.75) is 0 Å². The standard InChI is InChI=1S/C2H8NOPS2/c1-3(2)5(4,6)7/h1-2H3,(H2,4,6,7). The Bertz CT molecular complexity index is 97.9. The van der Waals surface area contributed by atoms with Gasteiger partial charge in [0.15, 0.2) is 0 Å². The van der Waals surface area contributed by atoms with Crippen LogP contribution in [0.25, 0.3) is 0 Å². The summed E-state index contributed by atoms with van der Waals surface area (Å²) in [5.74, 6) is 0. The average molecular weight is 157 g/mol. The molecule has 0 aromatic carbocycles. The first-order valence-electron chi connectivity index (χ1n) is 1.68. The lowest BCUT2D eigenvalue weighted by atomic mass is 11.3. The summed E-state index contributed by atoms with van der Waals surface area (Å²) in [6.45, 7) is 0. The smallest absolute Gasteiger partial charge is 0.250 e. The van der Waals surface area contributed by atoms with E-state index in [-0.39, 0.29) is 0 Å². The summed E-state index contributed by atoms with van der Waals surface area (Å²) in [6, 6.07) is 0. The Hall–Kier alpha value is 0.890. The molecule has 0 radical (unpaired) electrons. The molecule has 5 heteroatoms. The summed E-state index contributed by atoms with van der Waals surface area (Å²) < 4.78 is 12.0. The van der Waals surface area contributed by atoms with Crippen LogP contribution in [0.4, 0.5) is 0 Å². The van der Waals surface area contributed by atoms with Crippen LogP contribution >= 0.6 is 30.2 Å². The molecule has 0 aliphatic heterocycles. The summed E-state index contributed by atoms with van der Waals surface area (Å²) in [7, 11) is 3.33. The third kappa shape index (κ3) is 3.47. The molecular weight excluding hydrogens is 149 g/mol. The Morgan fingerprint density at radius 3 is 1.57 bits per heavy atom. The predicted molar refractivity (Wildman–Crippen MR) is 39.3 cm³/mol. The molecule has 0 saturated heterocycles. The highest BCUT2D eigenvalue weighted by Crippen LogP contribution is 2.56. The molecule has 0 amide bonds. The maximum absolute atomic E-state index is 10.6. The third-order valence-corrected chi connectivity index (χ3v) is 3.71. The van der Waals surface area contributed by atoms with E-state index in [1.54, 1.807) is 14.1 Å². The molecule has 0 atom stereocenters. The molecule has 0 aliphatic rings. The summed E-state index contributed by atoms with van der Waals surface area (Å²) in [5, 5.41) is 0. The second-order valence-electron chi connectivity index (χ2n) is 1.36. The molecule has 0 unspecified atom stereocenters. The number of thiol groups is 2. The number of hydrogen-bond acceptors (Lipinski definition) is 1. The van der Waals surface area contributed by atoms with Crippen LogP contribution in [0.1, 0.15) is 0 Å². The van der Waals surface area contributed by atoms with Gasteiger partial charge in [-0.2, -0.15) is 0 Å². The second-order valence-corrected chi connectivity index (χ2v) is 7.39. The molecule has 44 valence electrons. The molecule has 0 aromatic rings. The van der Waals surface area contributed by atoms with Gasteiger partial charge in [0.1, 0.15) is 0 Å². The van der Waals surface area contributed by atoms with Crippen molar-refractivity contribution in [2.24, 2.45) is 0 Å². The lowest BCUT2D eigenvalue weighted by Crippen LogP contribution is -1.99. The lowest BCUT2D eigenvalue weighted by molar-refractivity contribution is 0.545. The molecule has 0 N–H and O–H groups in total. The molecule has 0 fully saturated rings. The molecule has 0 aliphatic carbocycles. The highest BCUT2D eigenvalue weighted by Gasteiger charge is 2.10. The highest BCUT2D eigenvalue weighted by molar-refractivity contribution is 8.80. The zero-order valence-electron chi connectivity index (χ0n) is 4.20. The normalized spacial score (nSPS) is 12.7. The predicted octanol–water partition coefficient (Wildman–Crippen LogP) is 1.52. The topological polar surface area (TPSA) is 20.3 Å². The van der Waals surface area contributed by atoms with E-state index in [0.717, 1.165) is 0 Å². The van der Waals surface area contributed by atoms with E-state index in [2.05, 4.69) is 24.5 Å². The van der Waals surface area contributed by atoms with E-state index in [1.165, 1.54) is 4.67 Å². The molecule has 7 heavy (non-hydrogen) atoms. The molecule has 0 rings (SSSR count). The van der Waals surface area contributed by atoms with Crippen molar-refractivity contribution in [1.82, 2.24) is 4.67 Å². The van der Waals surface area contributed by atoms with E-state index >= 15 is 0 Å². The van der Waals surface area contributed by atoms with Crippen LogP contribution in [0.2, 0.25) is 0 Å². The Morgan fingerprint density at radius 1 is 1.43 bits per heavy atom. The lowest BCUT2D eigenvalue weighted by Gasteiger charge is -2.11. The van der Waals surface area contributed by atoms with Gasteiger partial charge in [-0.15, -0.1) is 0 Å². The maximum atomic E-state index is 10.6. The first-order valence-corrected chi connectivity index (χ1v) is 5.64. The number of nitrogens with zero attached hydrogens (tertiary/aromatic N) is 1. The van der Waals surface area contributed by atoms with Crippen molar-refractivity contribution >= 4 is 30.2 Å². The van der Waals surface area contributed by atoms with Crippen LogP contribution in [0.3, 0.4) is 0 Å². The minimum absolute atomic E-state index is 1.47. The van der Waals surface area contributed by atoms with E-state index in [4.69, 9.17) is 0 Å². The second kappa shape index (κ2) is 2.44. The van der Waals surface area contributed by atoms with Crippen molar-refractivity contribution in [3.05, 3.63) is 0 Å². The van der Waals surface area contributed by atoms with Gasteiger partial charge >= 0.3 is 0 Å². The summed E-state index contributed by atoms with van der Waals surface area (Å²) in [5.41, 5.74) is -2.52. The van der Waals surface area contributed by atoms with Gasteiger partial charge in [0.05, 0.1) is 0 Å². The quantitative estimate of drug-likeness (QED) is 0.444. The Morgan fingerprint density at radius 2 is 1.57 bits per heavy atom. The van der Waals surface area contributed by atoms with Crippen molar-refractivity contribution in [3.63, 3.8) is 0 Å². The van der Waals surface area contributed by atoms with Crippen molar-refractivity contribution in [2.75, 3.05) is 14.1 Å². The Kier molecular flexibility index (Phi) is 2.75. The van der Waals surface area contributed by atoms with E-state index < -0.39 is 5.70 Å². The van der Waals surface area contributed by atoms with Gasteiger partial charge < -0.3 is 0 Å². The van der Waals surface area contributed by atoms with Gasteiger partial charge in [-0.05, 0) is 14.1 Å². The average Bonchev–Trinajstić information content (AvgIpc) is 1.31. The van der Waals surface area contributed by atoms with Crippen molar-refractivity contribution < 1.29 is 4.57 Å². The van der Waals surface area contributed by atoms with Crippen LogP contribution in [0.15, 0.2) is 0 Å². The van der Waals surface area contributed by atoms with Crippen LogP contribution in [0, 0.1) is 0 Å². The largest absolute Gasteiger partial charge is 0.283 e. The maximum Gasteiger partial charge on any atom is 0.250 e. The molecule has 0 bridgehead atoms. The zero-order valence-corrected chi connectivity index (χ0v) is 6.88. The Labute approximate surface area is 54.0 Å². The molecule has 0 saturated carbocycles. The van der Waals surface area contributed by atoms with Gasteiger partial charge in [0.25, 0.3) is 5.70 Å². The molecule has 0 heterocycles. The SMILES string of the molecule is CN(C)P(=O)(S)S. The monoisotopic (exact) mass is 157 g/mol. The fourth-order valence-electron chi connectivity index (χ4n) is 0. The molecule has 0 aromatic heterocycles. The van der Waals surface area contributed by atoms with Crippen LogP contribution in [-0.2, 0) is 4.57 Å². The van der Waals surface area contributed by atoms with Crippen LogP contribution in [-0.4, -0.2) is 18.8 Å².